The number of amides is 1. The van der Waals surface area contributed by atoms with Crippen molar-refractivity contribution in [2.75, 3.05) is 0 Å². The molecule has 0 radical (unpaired) electrons. The molecule has 3 N–H and O–H groups in total. The van der Waals surface area contributed by atoms with Gasteiger partial charge in [-0.1, -0.05) is 0 Å². The Morgan fingerprint density at radius 3 is 2.71 bits per heavy atom. The molecule has 2 aliphatic rings. The molecule has 78 valence electrons. The number of thioether (sulfide) groups is 1. The summed E-state index contributed by atoms with van der Waals surface area (Å²) in [5, 5.41) is 8.87. The molecule has 3 atom stereocenters. The van der Waals surface area contributed by atoms with E-state index in [0.717, 1.165) is 0 Å². The van der Waals surface area contributed by atoms with E-state index >= 15 is 0 Å². The lowest BCUT2D eigenvalue weighted by Crippen LogP contribution is -2.68. The Labute approximate surface area is 85.6 Å². The third-order valence-electron chi connectivity index (χ3n) is 2.72. The van der Waals surface area contributed by atoms with Gasteiger partial charge in [0.1, 0.15) is 17.5 Å². The average Bonchev–Trinajstić information content (AvgIpc) is 2.34. The summed E-state index contributed by atoms with van der Waals surface area (Å²) in [6.07, 6.45) is 0. The van der Waals surface area contributed by atoms with Crippen LogP contribution in [0.3, 0.4) is 0 Å². The zero-order valence-corrected chi connectivity index (χ0v) is 8.75. The quantitative estimate of drug-likeness (QED) is 0.575. The minimum absolute atomic E-state index is 0.154. The summed E-state index contributed by atoms with van der Waals surface area (Å²) in [7, 11) is 0. The summed E-state index contributed by atoms with van der Waals surface area (Å²) >= 11 is 1.47. The normalized spacial score (nSPS) is 39.2. The molecule has 2 heterocycles. The van der Waals surface area contributed by atoms with Gasteiger partial charge in [-0.2, -0.15) is 0 Å². The Morgan fingerprint density at radius 2 is 2.21 bits per heavy atom. The van der Waals surface area contributed by atoms with E-state index in [-0.39, 0.29) is 11.3 Å². The van der Waals surface area contributed by atoms with Crippen LogP contribution in [-0.2, 0) is 9.59 Å². The fourth-order valence-corrected chi connectivity index (χ4v) is 3.61. The number of carbonyl (C=O) groups excluding carboxylic acids is 1. The second-order valence-corrected chi connectivity index (χ2v) is 5.89. The van der Waals surface area contributed by atoms with Crippen molar-refractivity contribution in [2.24, 2.45) is 5.73 Å². The first-order valence-corrected chi connectivity index (χ1v) is 5.22. The maximum Gasteiger partial charge on any atom is 0.327 e. The minimum atomic E-state index is -0.953. The van der Waals surface area contributed by atoms with Crippen LogP contribution in [0, 0.1) is 0 Å². The van der Waals surface area contributed by atoms with E-state index in [2.05, 4.69) is 0 Å². The first-order valence-electron chi connectivity index (χ1n) is 4.34. The average molecular weight is 216 g/mol. The zero-order valence-electron chi connectivity index (χ0n) is 7.93. The number of aliphatic carboxylic acids is 1. The molecular formula is C8H12N2O3S. The smallest absolute Gasteiger partial charge is 0.327 e. The van der Waals surface area contributed by atoms with Gasteiger partial charge in [0.05, 0.1) is 0 Å². The Morgan fingerprint density at radius 1 is 1.64 bits per heavy atom. The summed E-state index contributed by atoms with van der Waals surface area (Å²) < 4.78 is -0.458. The fraction of sp³-hybridized carbons (Fsp3) is 0.750. The van der Waals surface area contributed by atoms with Gasteiger partial charge in [-0.25, -0.2) is 4.79 Å². The fourth-order valence-electron chi connectivity index (χ4n) is 2.04. The van der Waals surface area contributed by atoms with Crippen LogP contribution in [0.4, 0.5) is 0 Å². The number of carboxylic acids is 1. The van der Waals surface area contributed by atoms with Crippen LogP contribution in [0.2, 0.25) is 0 Å². The topological polar surface area (TPSA) is 83.6 Å². The third kappa shape index (κ3) is 1.01. The largest absolute Gasteiger partial charge is 0.480 e. The van der Waals surface area contributed by atoms with Crippen molar-refractivity contribution in [3.63, 3.8) is 0 Å². The molecular weight excluding hydrogens is 204 g/mol. The van der Waals surface area contributed by atoms with E-state index in [1.165, 1.54) is 16.7 Å². The highest BCUT2D eigenvalue weighted by molar-refractivity contribution is 8.01. The van der Waals surface area contributed by atoms with Crippen molar-refractivity contribution in [3.8, 4) is 0 Å². The van der Waals surface area contributed by atoms with Crippen LogP contribution < -0.4 is 5.73 Å². The molecule has 0 aromatic carbocycles. The lowest BCUT2D eigenvalue weighted by atomic mass is 9.96. The van der Waals surface area contributed by atoms with Crippen molar-refractivity contribution in [2.45, 2.75) is 36.1 Å². The van der Waals surface area contributed by atoms with E-state index in [1.54, 1.807) is 0 Å². The highest BCUT2D eigenvalue weighted by Crippen LogP contribution is 2.50. The van der Waals surface area contributed by atoms with Crippen molar-refractivity contribution in [1.29, 1.82) is 0 Å². The van der Waals surface area contributed by atoms with Crippen molar-refractivity contribution in [3.05, 3.63) is 0 Å². The predicted molar refractivity (Wildman–Crippen MR) is 51.7 cm³/mol. The third-order valence-corrected chi connectivity index (χ3v) is 4.31. The van der Waals surface area contributed by atoms with Crippen LogP contribution in [0.5, 0.6) is 0 Å². The van der Waals surface area contributed by atoms with Crippen molar-refractivity contribution < 1.29 is 14.7 Å². The maximum absolute atomic E-state index is 11.4. The van der Waals surface area contributed by atoms with Crippen molar-refractivity contribution >= 4 is 23.6 Å². The SMILES string of the molecule is CC1(C)S[C@@H]2C(N)C(=O)N2[C@H]1C(=O)O. The van der Waals surface area contributed by atoms with Gasteiger partial charge < -0.3 is 15.7 Å². The lowest BCUT2D eigenvalue weighted by Gasteiger charge is -2.41. The molecule has 1 unspecified atom stereocenters. The number of hydrogen-bond acceptors (Lipinski definition) is 4. The molecule has 0 saturated carbocycles. The first-order chi connectivity index (χ1) is 6.36. The van der Waals surface area contributed by atoms with Gasteiger partial charge in [-0.05, 0) is 13.8 Å². The monoisotopic (exact) mass is 216 g/mol. The highest BCUT2D eigenvalue weighted by Gasteiger charge is 2.62. The number of carboxylic acid groups (broad SMARTS) is 1. The zero-order chi connectivity index (χ0) is 10.7. The number of rotatable bonds is 1. The maximum atomic E-state index is 11.4. The summed E-state index contributed by atoms with van der Waals surface area (Å²) in [6, 6.07) is -1.27. The molecule has 0 aromatic heterocycles. The van der Waals surface area contributed by atoms with Crippen LogP contribution >= 0.6 is 11.8 Å². The van der Waals surface area contributed by atoms with Crippen LogP contribution in [0.25, 0.3) is 0 Å². The van der Waals surface area contributed by atoms with E-state index < -0.39 is 22.8 Å². The van der Waals surface area contributed by atoms with E-state index in [9.17, 15) is 9.59 Å². The second kappa shape index (κ2) is 2.64. The number of nitrogens with zero attached hydrogens (tertiary/aromatic N) is 1. The van der Waals surface area contributed by atoms with Gasteiger partial charge in [-0.15, -0.1) is 11.8 Å². The first kappa shape index (κ1) is 9.79. The standard InChI is InChI=1S/C8H12N2O3S/c1-8(2)4(7(12)13)10-5(11)3(9)6(10)14-8/h3-4,6H,9H2,1-2H3,(H,12,13)/t3?,4-,6+/m0/s1. The Hall–Kier alpha value is -0.750. The molecule has 0 bridgehead atoms. The highest BCUT2D eigenvalue weighted by atomic mass is 32.2. The Bertz CT molecular complexity index is 318. The van der Waals surface area contributed by atoms with Crippen molar-refractivity contribution in [1.82, 2.24) is 4.90 Å². The predicted octanol–water partition coefficient (Wildman–Crippen LogP) is -0.539. The van der Waals surface area contributed by atoms with Crippen LogP contribution in [0.15, 0.2) is 0 Å². The summed E-state index contributed by atoms with van der Waals surface area (Å²) in [5.41, 5.74) is 5.59. The van der Waals surface area contributed by atoms with E-state index in [1.807, 2.05) is 13.8 Å². The summed E-state index contributed by atoms with van der Waals surface area (Å²) in [5.74, 6) is -1.20. The molecule has 2 rings (SSSR count). The summed E-state index contributed by atoms with van der Waals surface area (Å²) in [6.45, 7) is 3.66. The molecule has 0 aliphatic carbocycles. The number of hydrogen-bond donors (Lipinski definition) is 2. The molecule has 2 aliphatic heterocycles. The Balaban J connectivity index is 2.32. The number of nitrogens with two attached hydrogens (primary N) is 1. The molecule has 2 fully saturated rings. The van der Waals surface area contributed by atoms with Crippen LogP contribution in [-0.4, -0.2) is 44.1 Å². The van der Waals surface area contributed by atoms with Gasteiger partial charge in [0.25, 0.3) is 0 Å². The molecule has 14 heavy (non-hydrogen) atoms. The molecule has 1 amide bonds. The Kier molecular flexibility index (Phi) is 1.84. The van der Waals surface area contributed by atoms with Gasteiger partial charge in [-0.3, -0.25) is 4.79 Å². The number of β-lactam (4-membered cyclic amide) rings is 1. The van der Waals surface area contributed by atoms with E-state index in [4.69, 9.17) is 10.8 Å². The van der Waals surface area contributed by atoms with Gasteiger partial charge in [0.2, 0.25) is 5.91 Å². The van der Waals surface area contributed by atoms with Gasteiger partial charge in [0.15, 0.2) is 0 Å². The lowest BCUT2D eigenvalue weighted by molar-refractivity contribution is -0.159. The molecule has 0 spiro atoms. The molecule has 0 aromatic rings. The molecule has 5 nitrogen and oxygen atoms in total. The van der Waals surface area contributed by atoms with E-state index in [0.29, 0.717) is 0 Å². The van der Waals surface area contributed by atoms with Gasteiger partial charge >= 0.3 is 5.97 Å². The number of carbonyl (C=O) groups is 2. The number of fused-ring (bicyclic) bond motifs is 1. The second-order valence-electron chi connectivity index (χ2n) is 4.12. The molecule has 6 heteroatoms. The summed E-state index contributed by atoms with van der Waals surface area (Å²) in [4.78, 5) is 23.8. The minimum Gasteiger partial charge on any atom is -0.480 e. The van der Waals surface area contributed by atoms with Gasteiger partial charge in [0, 0.05) is 4.75 Å². The molecule has 2 saturated heterocycles. The van der Waals surface area contributed by atoms with Crippen LogP contribution in [0.1, 0.15) is 13.8 Å².